The van der Waals surface area contributed by atoms with Gasteiger partial charge in [-0.05, 0) is 29.2 Å². The van der Waals surface area contributed by atoms with Crippen molar-refractivity contribution in [3.63, 3.8) is 0 Å². The van der Waals surface area contributed by atoms with Gasteiger partial charge in [0.15, 0.2) is 6.10 Å². The van der Waals surface area contributed by atoms with Crippen LogP contribution in [0.4, 0.5) is 0 Å². The number of amides is 1. The summed E-state index contributed by atoms with van der Waals surface area (Å²) < 4.78 is 5.41. The first-order chi connectivity index (χ1) is 16.3. The second kappa shape index (κ2) is 11.8. The number of carbonyl (C=O) groups is 2. The van der Waals surface area contributed by atoms with Crippen LogP contribution in [0.15, 0.2) is 66.4 Å². The number of aliphatic hydroxyl groups excluding tert-OH is 3. The fourth-order valence-corrected chi connectivity index (χ4v) is 3.92. The van der Waals surface area contributed by atoms with Crippen molar-refractivity contribution in [1.29, 1.82) is 0 Å². The Hall–Kier alpha value is -3.20. The lowest BCUT2D eigenvalue weighted by atomic mass is 9.91. The number of carboxylic acid groups (broad SMARTS) is 1. The largest absolute Gasteiger partial charge is 0.478 e. The van der Waals surface area contributed by atoms with E-state index in [1.165, 1.54) is 0 Å². The summed E-state index contributed by atoms with van der Waals surface area (Å²) >= 11 is 0. The molecule has 2 aromatic carbocycles. The van der Waals surface area contributed by atoms with Crippen molar-refractivity contribution < 1.29 is 34.8 Å². The van der Waals surface area contributed by atoms with E-state index in [-0.39, 0.29) is 18.7 Å². The van der Waals surface area contributed by atoms with Gasteiger partial charge in [-0.2, -0.15) is 0 Å². The molecule has 3 rings (SSSR count). The second-order valence-corrected chi connectivity index (χ2v) is 8.43. The summed E-state index contributed by atoms with van der Waals surface area (Å²) in [6, 6.07) is 16.2. The number of aliphatic carboxylic acids is 1. The lowest BCUT2D eigenvalue weighted by molar-refractivity contribution is -0.148. The maximum absolute atomic E-state index is 12.3. The molecule has 2 aromatic rings. The van der Waals surface area contributed by atoms with Gasteiger partial charge >= 0.3 is 5.97 Å². The second-order valence-electron chi connectivity index (χ2n) is 8.43. The Labute approximate surface area is 198 Å². The average molecular weight is 470 g/mol. The van der Waals surface area contributed by atoms with E-state index in [1.54, 1.807) is 0 Å². The van der Waals surface area contributed by atoms with Crippen molar-refractivity contribution in [1.82, 2.24) is 5.32 Å². The number of rotatable bonds is 10. The summed E-state index contributed by atoms with van der Waals surface area (Å²) in [6.45, 7) is 1.93. The first-order valence-corrected chi connectivity index (χ1v) is 11.4. The summed E-state index contributed by atoms with van der Waals surface area (Å²) in [4.78, 5) is 23.7. The van der Waals surface area contributed by atoms with Gasteiger partial charge in [0.2, 0.25) is 11.7 Å². The van der Waals surface area contributed by atoms with E-state index in [4.69, 9.17) is 4.74 Å². The van der Waals surface area contributed by atoms with Crippen molar-refractivity contribution in [2.45, 2.75) is 63.1 Å². The van der Waals surface area contributed by atoms with Crippen molar-refractivity contribution in [2.75, 3.05) is 0 Å². The fraction of sp³-hybridized carbons (Fsp3) is 0.385. The molecule has 1 heterocycles. The Kier molecular flexibility index (Phi) is 8.81. The summed E-state index contributed by atoms with van der Waals surface area (Å²) in [7, 11) is 0. The average Bonchev–Trinajstić information content (AvgIpc) is 2.84. The number of aliphatic hydroxyl groups is 3. The molecular weight excluding hydrogens is 438 g/mol. The molecule has 182 valence electrons. The Morgan fingerprint density at radius 3 is 2.29 bits per heavy atom. The van der Waals surface area contributed by atoms with E-state index >= 15 is 0 Å². The van der Waals surface area contributed by atoms with E-state index in [1.807, 2.05) is 61.5 Å². The molecule has 0 bridgehead atoms. The van der Waals surface area contributed by atoms with E-state index < -0.39 is 42.2 Å². The molecule has 34 heavy (non-hydrogen) atoms. The van der Waals surface area contributed by atoms with Gasteiger partial charge < -0.3 is 30.5 Å². The monoisotopic (exact) mass is 469 g/mol. The molecule has 1 aliphatic heterocycles. The number of hydrogen-bond donors (Lipinski definition) is 5. The van der Waals surface area contributed by atoms with Gasteiger partial charge in [-0.1, -0.05) is 67.9 Å². The Bertz CT molecular complexity index is 990. The van der Waals surface area contributed by atoms with Gasteiger partial charge in [0.25, 0.3) is 0 Å². The predicted octanol–water partition coefficient (Wildman–Crippen LogP) is 2.02. The minimum absolute atomic E-state index is 0.0643. The number of unbranched alkanes of at least 4 members (excludes halogenated alkanes) is 1. The van der Waals surface area contributed by atoms with Gasteiger partial charge in [0, 0.05) is 12.8 Å². The van der Waals surface area contributed by atoms with Gasteiger partial charge in [-0.15, -0.1) is 0 Å². The van der Waals surface area contributed by atoms with Gasteiger partial charge in [-0.25, -0.2) is 4.79 Å². The van der Waals surface area contributed by atoms with Crippen molar-refractivity contribution in [3.8, 4) is 11.1 Å². The highest BCUT2D eigenvalue weighted by Gasteiger charge is 2.43. The quantitative estimate of drug-likeness (QED) is 0.359. The first-order valence-electron chi connectivity index (χ1n) is 11.4. The molecule has 0 saturated carbocycles. The minimum Gasteiger partial charge on any atom is -0.478 e. The van der Waals surface area contributed by atoms with Gasteiger partial charge in [0.05, 0.1) is 12.1 Å². The van der Waals surface area contributed by atoms with E-state index in [0.717, 1.165) is 29.2 Å². The molecule has 0 spiro atoms. The summed E-state index contributed by atoms with van der Waals surface area (Å²) in [5, 5.41) is 44.0. The van der Waals surface area contributed by atoms with Crippen LogP contribution in [0.5, 0.6) is 0 Å². The zero-order valence-corrected chi connectivity index (χ0v) is 19.0. The topological polar surface area (TPSA) is 136 Å². The molecule has 0 unspecified atom stereocenters. The molecule has 5 atom stereocenters. The number of carboxylic acids is 1. The molecule has 5 N–H and O–H groups in total. The van der Waals surface area contributed by atoms with Crippen LogP contribution >= 0.6 is 0 Å². The van der Waals surface area contributed by atoms with Crippen LogP contribution in [0.2, 0.25) is 0 Å². The number of nitrogens with one attached hydrogen (secondary N) is 1. The van der Waals surface area contributed by atoms with Crippen LogP contribution in [0.3, 0.4) is 0 Å². The molecule has 1 aliphatic rings. The van der Waals surface area contributed by atoms with Gasteiger partial charge in [-0.3, -0.25) is 4.79 Å². The number of carbonyl (C=O) groups excluding carboxylic acids is 1. The highest BCUT2D eigenvalue weighted by atomic mass is 16.5. The highest BCUT2D eigenvalue weighted by Crippen LogP contribution is 2.25. The number of ether oxygens (including phenoxy) is 1. The molecular formula is C26H31NO7. The van der Waals surface area contributed by atoms with E-state index in [9.17, 15) is 30.0 Å². The summed E-state index contributed by atoms with van der Waals surface area (Å²) in [5.41, 5.74) is 2.80. The van der Waals surface area contributed by atoms with E-state index in [2.05, 4.69) is 5.32 Å². The highest BCUT2D eigenvalue weighted by molar-refractivity contribution is 5.84. The third-order valence-electron chi connectivity index (χ3n) is 5.84. The van der Waals surface area contributed by atoms with Gasteiger partial charge in [0.1, 0.15) is 12.2 Å². The van der Waals surface area contributed by atoms with Crippen molar-refractivity contribution in [3.05, 3.63) is 72.0 Å². The molecule has 0 fully saturated rings. The Morgan fingerprint density at radius 2 is 1.68 bits per heavy atom. The zero-order chi connectivity index (χ0) is 24.7. The number of benzene rings is 2. The standard InChI is InChI=1S/C26H31NO7/c1-2-3-9-22(30)27-23-19(28)15-21(26(32)33)34-25(23)24(31)20(29)14-16-10-12-18(13-11-16)17-7-5-4-6-8-17/h4-8,10-13,15,19-20,23-25,28-29,31H,2-3,9,14H2,1H3,(H,27,30)(H,32,33)/t19-,20+,23+,24+,25+/m0/s1. The fourth-order valence-electron chi connectivity index (χ4n) is 3.92. The third-order valence-corrected chi connectivity index (χ3v) is 5.84. The third kappa shape index (κ3) is 6.44. The molecule has 0 radical (unpaired) electrons. The van der Waals surface area contributed by atoms with Crippen molar-refractivity contribution >= 4 is 11.9 Å². The maximum Gasteiger partial charge on any atom is 0.370 e. The number of hydrogen-bond acceptors (Lipinski definition) is 6. The first kappa shape index (κ1) is 25.4. The van der Waals surface area contributed by atoms with Crippen LogP contribution in [-0.2, 0) is 20.7 Å². The smallest absolute Gasteiger partial charge is 0.370 e. The Balaban J connectivity index is 1.73. The van der Waals surface area contributed by atoms with Crippen LogP contribution < -0.4 is 5.32 Å². The normalized spacial score (nSPS) is 21.6. The molecule has 8 nitrogen and oxygen atoms in total. The van der Waals surface area contributed by atoms with Crippen LogP contribution in [0.25, 0.3) is 11.1 Å². The molecule has 1 amide bonds. The molecule has 0 saturated heterocycles. The SMILES string of the molecule is CCCCC(=O)N[C@H]1[C@H]([C@H](O)[C@H](O)Cc2ccc(-c3ccccc3)cc2)OC(C(=O)O)=C[C@@H]1O. The van der Waals surface area contributed by atoms with Crippen molar-refractivity contribution in [2.24, 2.45) is 0 Å². The minimum atomic E-state index is -1.57. The summed E-state index contributed by atoms with van der Waals surface area (Å²) in [5.74, 6) is -2.32. The Morgan fingerprint density at radius 1 is 1.03 bits per heavy atom. The van der Waals surface area contributed by atoms with Crippen LogP contribution in [-0.4, -0.2) is 62.8 Å². The zero-order valence-electron chi connectivity index (χ0n) is 19.0. The van der Waals surface area contributed by atoms with E-state index in [0.29, 0.717) is 6.42 Å². The molecule has 0 aromatic heterocycles. The lowest BCUT2D eigenvalue weighted by Gasteiger charge is -2.38. The lowest BCUT2D eigenvalue weighted by Crippen LogP contribution is -2.60. The molecule has 0 aliphatic carbocycles. The van der Waals surface area contributed by atoms with Crippen LogP contribution in [0, 0.1) is 0 Å². The van der Waals surface area contributed by atoms with Crippen LogP contribution in [0.1, 0.15) is 31.7 Å². The predicted molar refractivity (Wildman–Crippen MR) is 126 cm³/mol. The molecule has 8 heteroatoms. The maximum atomic E-state index is 12.3. The summed E-state index contributed by atoms with van der Waals surface area (Å²) in [6.07, 6.45) is -2.95.